The van der Waals surface area contributed by atoms with Crippen molar-refractivity contribution in [2.75, 3.05) is 19.6 Å². The number of nitrogens with one attached hydrogen (secondary N) is 1. The maximum absolute atomic E-state index is 11.8. The highest BCUT2D eigenvalue weighted by Crippen LogP contribution is 2.13. The number of hydrogen-bond donors (Lipinski definition) is 1. The molecule has 1 rings (SSSR count). The van der Waals surface area contributed by atoms with Crippen LogP contribution in [0.1, 0.15) is 20.8 Å². The first-order valence-electron chi connectivity index (χ1n) is 5.08. The van der Waals surface area contributed by atoms with Crippen molar-refractivity contribution in [3.63, 3.8) is 0 Å². The van der Waals surface area contributed by atoms with E-state index in [4.69, 9.17) is 0 Å². The summed E-state index contributed by atoms with van der Waals surface area (Å²) in [6.07, 6.45) is 0. The lowest BCUT2D eigenvalue weighted by Gasteiger charge is -2.30. The molecule has 0 aliphatic carbocycles. The van der Waals surface area contributed by atoms with E-state index in [9.17, 15) is 9.59 Å². The van der Waals surface area contributed by atoms with Crippen LogP contribution in [0.15, 0.2) is 0 Å². The summed E-state index contributed by atoms with van der Waals surface area (Å²) in [5.41, 5.74) is 0. The molecule has 0 radical (unpaired) electrons. The first-order valence-corrected chi connectivity index (χ1v) is 5.08. The van der Waals surface area contributed by atoms with Crippen LogP contribution in [-0.4, -0.2) is 36.3 Å². The van der Waals surface area contributed by atoms with Gasteiger partial charge in [-0.1, -0.05) is 20.8 Å². The largest absolute Gasteiger partial charge is 0.353 e. The van der Waals surface area contributed by atoms with E-state index in [1.165, 1.54) is 0 Å². The van der Waals surface area contributed by atoms with E-state index in [1.807, 2.05) is 20.8 Å². The molecule has 1 saturated heterocycles. The minimum atomic E-state index is -0.0550. The van der Waals surface area contributed by atoms with Gasteiger partial charge in [-0.25, -0.2) is 0 Å². The Kier molecular flexibility index (Phi) is 3.49. The Morgan fingerprint density at radius 1 is 1.43 bits per heavy atom. The fourth-order valence-corrected chi connectivity index (χ4v) is 1.40. The zero-order chi connectivity index (χ0) is 10.7. The van der Waals surface area contributed by atoms with Crippen LogP contribution >= 0.6 is 0 Å². The number of carbonyl (C=O) groups is 2. The van der Waals surface area contributed by atoms with Gasteiger partial charge in [-0.05, 0) is 5.92 Å². The minimum absolute atomic E-state index is 0.000833. The lowest BCUT2D eigenvalue weighted by atomic mass is 9.96. The molecule has 0 spiro atoms. The number of hydrogen-bond acceptors (Lipinski definition) is 2. The zero-order valence-corrected chi connectivity index (χ0v) is 9.04. The van der Waals surface area contributed by atoms with Gasteiger partial charge in [-0.2, -0.15) is 0 Å². The molecule has 0 aromatic heterocycles. The molecule has 0 bridgehead atoms. The maximum atomic E-state index is 11.8. The predicted octanol–water partition coefficient (Wildman–Crippen LogP) is 0.237. The molecular formula is C10H18N2O2. The molecule has 1 N–H and O–H groups in total. The summed E-state index contributed by atoms with van der Waals surface area (Å²) in [6.45, 7) is 7.39. The number of amides is 2. The lowest BCUT2D eigenvalue weighted by Crippen LogP contribution is -2.51. The van der Waals surface area contributed by atoms with E-state index in [-0.39, 0.29) is 24.3 Å². The van der Waals surface area contributed by atoms with Gasteiger partial charge < -0.3 is 10.2 Å². The van der Waals surface area contributed by atoms with Gasteiger partial charge in [0, 0.05) is 19.0 Å². The molecular weight excluding hydrogens is 180 g/mol. The third-order valence-electron chi connectivity index (χ3n) is 2.74. The molecule has 4 heteroatoms. The van der Waals surface area contributed by atoms with Crippen molar-refractivity contribution in [2.45, 2.75) is 20.8 Å². The van der Waals surface area contributed by atoms with Crippen molar-refractivity contribution in [1.82, 2.24) is 10.2 Å². The Hall–Kier alpha value is -1.06. The zero-order valence-electron chi connectivity index (χ0n) is 9.04. The number of rotatable bonds is 2. The van der Waals surface area contributed by atoms with Crippen LogP contribution < -0.4 is 5.32 Å². The molecule has 1 fully saturated rings. The molecule has 2 amide bonds. The fraction of sp³-hybridized carbons (Fsp3) is 0.800. The monoisotopic (exact) mass is 198 g/mol. The van der Waals surface area contributed by atoms with E-state index in [1.54, 1.807) is 4.90 Å². The first kappa shape index (κ1) is 11.0. The molecule has 1 heterocycles. The molecule has 14 heavy (non-hydrogen) atoms. The van der Waals surface area contributed by atoms with Crippen molar-refractivity contribution in [3.8, 4) is 0 Å². The topological polar surface area (TPSA) is 49.4 Å². The molecule has 0 saturated carbocycles. The summed E-state index contributed by atoms with van der Waals surface area (Å²) in [5.74, 6) is 0.365. The highest BCUT2D eigenvalue weighted by Gasteiger charge is 2.26. The van der Waals surface area contributed by atoms with Crippen LogP contribution in [0.4, 0.5) is 0 Å². The third-order valence-corrected chi connectivity index (χ3v) is 2.74. The van der Waals surface area contributed by atoms with E-state index in [0.717, 1.165) is 0 Å². The molecule has 80 valence electrons. The molecule has 1 aliphatic heterocycles. The van der Waals surface area contributed by atoms with Crippen LogP contribution in [0, 0.1) is 11.8 Å². The molecule has 1 aliphatic rings. The Labute approximate surface area is 84.7 Å². The second kappa shape index (κ2) is 4.44. The van der Waals surface area contributed by atoms with Gasteiger partial charge in [0.05, 0.1) is 6.54 Å². The minimum Gasteiger partial charge on any atom is -0.353 e. The van der Waals surface area contributed by atoms with Crippen LogP contribution in [0.2, 0.25) is 0 Å². The summed E-state index contributed by atoms with van der Waals surface area (Å²) < 4.78 is 0. The van der Waals surface area contributed by atoms with Crippen LogP contribution in [-0.2, 0) is 9.59 Å². The average molecular weight is 198 g/mol. The summed E-state index contributed by atoms with van der Waals surface area (Å²) in [4.78, 5) is 24.5. The van der Waals surface area contributed by atoms with Crippen molar-refractivity contribution >= 4 is 11.8 Å². The van der Waals surface area contributed by atoms with E-state index < -0.39 is 0 Å². The van der Waals surface area contributed by atoms with Crippen LogP contribution in [0.5, 0.6) is 0 Å². The van der Waals surface area contributed by atoms with E-state index >= 15 is 0 Å². The van der Waals surface area contributed by atoms with Gasteiger partial charge in [0.15, 0.2) is 0 Å². The summed E-state index contributed by atoms with van der Waals surface area (Å²) in [6, 6.07) is 0. The van der Waals surface area contributed by atoms with Crippen molar-refractivity contribution in [3.05, 3.63) is 0 Å². The maximum Gasteiger partial charge on any atom is 0.239 e. The Morgan fingerprint density at radius 2 is 2.07 bits per heavy atom. The SMILES string of the molecule is CC(C)C(C)C(=O)N1CCNC(=O)C1. The van der Waals surface area contributed by atoms with Crippen molar-refractivity contribution < 1.29 is 9.59 Å². The lowest BCUT2D eigenvalue weighted by molar-refractivity contribution is -0.142. The van der Waals surface area contributed by atoms with Gasteiger partial charge >= 0.3 is 0 Å². The summed E-state index contributed by atoms with van der Waals surface area (Å²) in [5, 5.41) is 2.70. The number of piperazine rings is 1. The van der Waals surface area contributed by atoms with Crippen molar-refractivity contribution in [1.29, 1.82) is 0 Å². The van der Waals surface area contributed by atoms with E-state index in [2.05, 4.69) is 5.32 Å². The standard InChI is InChI=1S/C10H18N2O2/c1-7(2)8(3)10(14)12-5-4-11-9(13)6-12/h7-8H,4-6H2,1-3H3,(H,11,13). The first-order chi connectivity index (χ1) is 6.52. The smallest absolute Gasteiger partial charge is 0.239 e. The quantitative estimate of drug-likeness (QED) is 0.691. The summed E-state index contributed by atoms with van der Waals surface area (Å²) >= 11 is 0. The molecule has 1 unspecified atom stereocenters. The molecule has 1 atom stereocenters. The predicted molar refractivity (Wildman–Crippen MR) is 53.6 cm³/mol. The highest BCUT2D eigenvalue weighted by atomic mass is 16.2. The van der Waals surface area contributed by atoms with Gasteiger partial charge in [0.25, 0.3) is 0 Å². The second-order valence-corrected chi connectivity index (χ2v) is 4.14. The number of carbonyl (C=O) groups excluding carboxylic acids is 2. The van der Waals surface area contributed by atoms with Crippen LogP contribution in [0.3, 0.4) is 0 Å². The van der Waals surface area contributed by atoms with Crippen LogP contribution in [0.25, 0.3) is 0 Å². The molecule has 0 aromatic carbocycles. The number of nitrogens with zero attached hydrogens (tertiary/aromatic N) is 1. The molecule has 4 nitrogen and oxygen atoms in total. The fourth-order valence-electron chi connectivity index (χ4n) is 1.40. The molecule has 0 aromatic rings. The second-order valence-electron chi connectivity index (χ2n) is 4.14. The third kappa shape index (κ3) is 2.47. The van der Waals surface area contributed by atoms with Gasteiger partial charge in [0.1, 0.15) is 0 Å². The van der Waals surface area contributed by atoms with Gasteiger partial charge in [-0.3, -0.25) is 9.59 Å². The Bertz CT molecular complexity index is 238. The van der Waals surface area contributed by atoms with Gasteiger partial charge in [-0.15, -0.1) is 0 Å². The van der Waals surface area contributed by atoms with Crippen molar-refractivity contribution in [2.24, 2.45) is 11.8 Å². The van der Waals surface area contributed by atoms with E-state index in [0.29, 0.717) is 19.0 Å². The Morgan fingerprint density at radius 3 is 2.57 bits per heavy atom. The van der Waals surface area contributed by atoms with Gasteiger partial charge in [0.2, 0.25) is 11.8 Å². The Balaban J connectivity index is 2.55. The normalized spacial score (nSPS) is 19.4. The summed E-state index contributed by atoms with van der Waals surface area (Å²) in [7, 11) is 0. The average Bonchev–Trinajstić information content (AvgIpc) is 2.15. The highest BCUT2D eigenvalue weighted by molar-refractivity contribution is 5.86.